The van der Waals surface area contributed by atoms with E-state index < -0.39 is 5.60 Å². The Balaban J connectivity index is 1.21. The van der Waals surface area contributed by atoms with Crippen LogP contribution in [0.5, 0.6) is 5.75 Å². The smallest absolute Gasteiger partial charge is 0.338 e. The van der Waals surface area contributed by atoms with Crippen molar-refractivity contribution in [3.63, 3.8) is 0 Å². The van der Waals surface area contributed by atoms with Crippen molar-refractivity contribution < 1.29 is 19.0 Å². The van der Waals surface area contributed by atoms with E-state index in [-0.39, 0.29) is 12.1 Å². The Hall–Kier alpha value is -4.19. The van der Waals surface area contributed by atoms with Gasteiger partial charge >= 0.3 is 5.97 Å². The van der Waals surface area contributed by atoms with Gasteiger partial charge in [-0.1, -0.05) is 24.3 Å². The van der Waals surface area contributed by atoms with Gasteiger partial charge in [0.1, 0.15) is 23.8 Å². The Morgan fingerprint density at radius 2 is 1.95 bits per heavy atom. The van der Waals surface area contributed by atoms with E-state index in [2.05, 4.69) is 27.7 Å². The number of fused-ring (bicyclic) bond motifs is 2. The molecule has 1 atom stereocenters. The molecule has 0 amide bonds. The van der Waals surface area contributed by atoms with E-state index in [1.165, 1.54) is 11.1 Å². The predicted octanol–water partition coefficient (Wildman–Crippen LogP) is 5.79. The van der Waals surface area contributed by atoms with Crippen molar-refractivity contribution in [2.45, 2.75) is 71.6 Å². The minimum atomic E-state index is -0.562. The third-order valence-corrected chi connectivity index (χ3v) is 7.81. The van der Waals surface area contributed by atoms with Gasteiger partial charge in [0, 0.05) is 25.3 Å². The first-order valence-corrected chi connectivity index (χ1v) is 14.5. The first kappa shape index (κ1) is 28.0. The Morgan fingerprint density at radius 1 is 1.12 bits per heavy atom. The summed E-state index contributed by atoms with van der Waals surface area (Å²) in [6, 6.07) is 21.7. The molecule has 4 aromatic rings. The lowest BCUT2D eigenvalue weighted by Crippen LogP contribution is -2.34. The first-order valence-electron chi connectivity index (χ1n) is 14.5. The second-order valence-electron chi connectivity index (χ2n) is 12.1. The van der Waals surface area contributed by atoms with Crippen molar-refractivity contribution in [1.29, 1.82) is 5.26 Å². The molecule has 1 saturated heterocycles. The number of imidazole rings is 1. The van der Waals surface area contributed by atoms with E-state index in [0.717, 1.165) is 60.7 Å². The van der Waals surface area contributed by atoms with Crippen LogP contribution in [-0.2, 0) is 42.1 Å². The number of carbonyl (C=O) groups excluding carboxylic acids is 1. The minimum absolute atomic E-state index is 0.152. The summed E-state index contributed by atoms with van der Waals surface area (Å²) >= 11 is 0. The highest BCUT2D eigenvalue weighted by Gasteiger charge is 2.25. The van der Waals surface area contributed by atoms with Gasteiger partial charge in [0.25, 0.3) is 0 Å². The SMILES string of the molecule is CC(C)(C)OC(=O)c1ccc2nc(CN3CCc4ccc(OCc5ccccc5C#N)cc4C3)n(C[C@@H]3CCO3)c2c1. The summed E-state index contributed by atoms with van der Waals surface area (Å²) in [5.74, 6) is 1.43. The Morgan fingerprint density at radius 3 is 2.71 bits per heavy atom. The van der Waals surface area contributed by atoms with Crippen LogP contribution in [0.15, 0.2) is 60.7 Å². The average molecular weight is 565 g/mol. The Bertz CT molecular complexity index is 1660. The zero-order chi connectivity index (χ0) is 29.3. The molecular formula is C34H36N4O4. The van der Waals surface area contributed by atoms with Crippen LogP contribution < -0.4 is 4.74 Å². The molecule has 0 radical (unpaired) electrons. The molecule has 1 aromatic heterocycles. The summed E-state index contributed by atoms with van der Waals surface area (Å²) < 4.78 is 19.7. The summed E-state index contributed by atoms with van der Waals surface area (Å²) in [5.41, 5.74) is 5.83. The molecule has 42 heavy (non-hydrogen) atoms. The second-order valence-corrected chi connectivity index (χ2v) is 12.1. The molecule has 216 valence electrons. The zero-order valence-electron chi connectivity index (χ0n) is 24.4. The number of hydrogen-bond donors (Lipinski definition) is 0. The number of carbonyl (C=O) groups is 1. The zero-order valence-corrected chi connectivity index (χ0v) is 24.4. The monoisotopic (exact) mass is 564 g/mol. The van der Waals surface area contributed by atoms with Crippen molar-refractivity contribution in [2.75, 3.05) is 13.2 Å². The quantitative estimate of drug-likeness (QED) is 0.250. The standard InChI is InChI=1S/C34H36N4O4/c1-34(2,3)42-33(39)24-9-11-30-31(17-24)38(20-29-13-15-40-29)32(36-30)21-37-14-12-23-8-10-28(16-27(23)19-37)41-22-26-7-5-4-6-25(26)18-35/h4-11,16-17,29H,12-15,19-22H2,1-3H3/t29-/m0/s1. The molecule has 0 spiro atoms. The number of nitrogens with zero attached hydrogens (tertiary/aromatic N) is 4. The van der Waals surface area contributed by atoms with Gasteiger partial charge in [-0.3, -0.25) is 4.90 Å². The van der Waals surface area contributed by atoms with Gasteiger partial charge in [0.2, 0.25) is 0 Å². The van der Waals surface area contributed by atoms with E-state index in [1.54, 1.807) is 6.07 Å². The van der Waals surface area contributed by atoms with Crippen LogP contribution in [-0.4, -0.2) is 45.3 Å². The molecule has 0 aliphatic carbocycles. The maximum absolute atomic E-state index is 12.8. The number of esters is 1. The second kappa shape index (κ2) is 11.6. The molecule has 8 nitrogen and oxygen atoms in total. The normalized spacial score (nSPS) is 16.9. The van der Waals surface area contributed by atoms with E-state index in [4.69, 9.17) is 19.2 Å². The van der Waals surface area contributed by atoms with Gasteiger partial charge in [0.15, 0.2) is 0 Å². The highest BCUT2D eigenvalue weighted by molar-refractivity contribution is 5.94. The highest BCUT2D eigenvalue weighted by atomic mass is 16.6. The van der Waals surface area contributed by atoms with Crippen molar-refractivity contribution in [3.05, 3.63) is 94.3 Å². The molecule has 1 fully saturated rings. The molecule has 0 N–H and O–H groups in total. The summed E-state index contributed by atoms with van der Waals surface area (Å²) in [7, 11) is 0. The molecule has 6 rings (SSSR count). The van der Waals surface area contributed by atoms with Gasteiger partial charge in [-0.05, 0) is 81.1 Å². The number of hydrogen-bond acceptors (Lipinski definition) is 7. The fourth-order valence-corrected chi connectivity index (χ4v) is 5.53. The van der Waals surface area contributed by atoms with E-state index in [0.29, 0.717) is 30.8 Å². The van der Waals surface area contributed by atoms with Crippen LogP contribution in [0.4, 0.5) is 0 Å². The summed E-state index contributed by atoms with van der Waals surface area (Å²) in [4.78, 5) is 20.2. The van der Waals surface area contributed by atoms with Crippen LogP contribution in [0.25, 0.3) is 11.0 Å². The average Bonchev–Trinajstić information content (AvgIpc) is 3.28. The van der Waals surface area contributed by atoms with Crippen molar-refractivity contribution >= 4 is 17.0 Å². The number of nitriles is 1. The molecule has 0 unspecified atom stereocenters. The molecule has 2 aliphatic heterocycles. The lowest BCUT2D eigenvalue weighted by molar-refractivity contribution is -0.0592. The Kier molecular flexibility index (Phi) is 7.72. The Labute approximate surface area is 246 Å². The van der Waals surface area contributed by atoms with E-state index in [1.807, 2.05) is 63.2 Å². The lowest BCUT2D eigenvalue weighted by Gasteiger charge is -2.30. The molecule has 0 saturated carbocycles. The van der Waals surface area contributed by atoms with Crippen molar-refractivity contribution in [1.82, 2.24) is 14.5 Å². The minimum Gasteiger partial charge on any atom is -0.489 e. The summed E-state index contributed by atoms with van der Waals surface area (Å²) in [6.45, 7) is 9.86. The van der Waals surface area contributed by atoms with Gasteiger partial charge in [-0.2, -0.15) is 5.26 Å². The van der Waals surface area contributed by atoms with Gasteiger partial charge < -0.3 is 18.8 Å². The van der Waals surface area contributed by atoms with Gasteiger partial charge in [0.05, 0.1) is 47.4 Å². The molecule has 8 heteroatoms. The lowest BCUT2D eigenvalue weighted by atomic mass is 9.99. The van der Waals surface area contributed by atoms with Crippen LogP contribution in [0, 0.1) is 11.3 Å². The summed E-state index contributed by atoms with van der Waals surface area (Å²) in [6.07, 6.45) is 2.12. The van der Waals surface area contributed by atoms with Gasteiger partial charge in [-0.25, -0.2) is 9.78 Å². The van der Waals surface area contributed by atoms with Crippen LogP contribution >= 0.6 is 0 Å². The maximum atomic E-state index is 12.8. The number of aromatic nitrogens is 2. The molecule has 3 heterocycles. The number of ether oxygens (including phenoxy) is 3. The number of rotatable bonds is 8. The highest BCUT2D eigenvalue weighted by Crippen LogP contribution is 2.28. The molecule has 3 aromatic carbocycles. The van der Waals surface area contributed by atoms with Crippen LogP contribution in [0.3, 0.4) is 0 Å². The maximum Gasteiger partial charge on any atom is 0.338 e. The number of benzene rings is 3. The molecular weight excluding hydrogens is 528 g/mol. The first-order chi connectivity index (χ1) is 20.3. The van der Waals surface area contributed by atoms with Crippen LogP contribution in [0.2, 0.25) is 0 Å². The topological polar surface area (TPSA) is 89.6 Å². The third kappa shape index (κ3) is 6.18. The predicted molar refractivity (Wildman–Crippen MR) is 159 cm³/mol. The fourth-order valence-electron chi connectivity index (χ4n) is 5.53. The van der Waals surface area contributed by atoms with Crippen LogP contribution in [0.1, 0.15) is 65.6 Å². The fraction of sp³-hybridized carbons (Fsp3) is 0.382. The van der Waals surface area contributed by atoms with E-state index in [9.17, 15) is 10.1 Å². The molecule has 0 bridgehead atoms. The largest absolute Gasteiger partial charge is 0.489 e. The van der Waals surface area contributed by atoms with Crippen molar-refractivity contribution in [3.8, 4) is 11.8 Å². The van der Waals surface area contributed by atoms with E-state index >= 15 is 0 Å². The molecule has 2 aliphatic rings. The van der Waals surface area contributed by atoms with Crippen molar-refractivity contribution in [2.24, 2.45) is 0 Å². The van der Waals surface area contributed by atoms with Gasteiger partial charge in [-0.15, -0.1) is 0 Å². The third-order valence-electron chi connectivity index (χ3n) is 7.81. The summed E-state index contributed by atoms with van der Waals surface area (Å²) in [5, 5.41) is 9.39.